The average molecular weight is 300 g/mol. The van der Waals surface area contributed by atoms with E-state index < -0.39 is 6.04 Å². The summed E-state index contributed by atoms with van der Waals surface area (Å²) in [5.41, 5.74) is 7.12. The summed E-state index contributed by atoms with van der Waals surface area (Å²) in [5.74, 6) is 0.839. The molecule has 22 heavy (non-hydrogen) atoms. The molecule has 118 valence electrons. The van der Waals surface area contributed by atoms with Gasteiger partial charge in [0, 0.05) is 18.9 Å². The molecule has 0 saturated carbocycles. The minimum absolute atomic E-state index is 0.123. The molecule has 0 unspecified atom stereocenters. The van der Waals surface area contributed by atoms with Gasteiger partial charge in [-0.25, -0.2) is 4.98 Å². The molecular weight excluding hydrogens is 276 g/mol. The van der Waals surface area contributed by atoms with E-state index in [1.165, 1.54) is 5.56 Å². The van der Waals surface area contributed by atoms with Crippen LogP contribution in [0.5, 0.6) is 0 Å². The summed E-state index contributed by atoms with van der Waals surface area (Å²) in [7, 11) is 0. The average Bonchev–Trinajstić information content (AvgIpc) is 2.98. The van der Waals surface area contributed by atoms with Crippen LogP contribution in [-0.2, 0) is 24.3 Å². The largest absolute Gasteiger partial charge is 0.348 e. The van der Waals surface area contributed by atoms with Gasteiger partial charge in [0.1, 0.15) is 5.82 Å². The number of nitrogens with zero attached hydrogens (tertiary/aromatic N) is 2. The second kappa shape index (κ2) is 7.75. The highest BCUT2D eigenvalue weighted by molar-refractivity contribution is 5.81. The van der Waals surface area contributed by atoms with Gasteiger partial charge in [0.2, 0.25) is 5.91 Å². The van der Waals surface area contributed by atoms with Crippen molar-refractivity contribution < 1.29 is 4.79 Å². The molecular formula is C17H24N4O. The zero-order valence-electron chi connectivity index (χ0n) is 13.2. The Bertz CT molecular complexity index is 592. The molecule has 5 heteroatoms. The molecule has 2 aromatic rings. The number of aromatic nitrogens is 2. The van der Waals surface area contributed by atoms with Gasteiger partial charge in [-0.2, -0.15) is 0 Å². The first-order valence-corrected chi connectivity index (χ1v) is 7.65. The number of amides is 1. The van der Waals surface area contributed by atoms with E-state index in [0.717, 1.165) is 18.8 Å². The van der Waals surface area contributed by atoms with Crippen molar-refractivity contribution in [1.29, 1.82) is 0 Å². The maximum atomic E-state index is 11.9. The molecule has 0 aliphatic rings. The van der Waals surface area contributed by atoms with Gasteiger partial charge < -0.3 is 15.6 Å². The fraction of sp³-hybridized carbons (Fsp3) is 0.412. The van der Waals surface area contributed by atoms with Crippen molar-refractivity contribution in [3.8, 4) is 0 Å². The number of rotatable bonds is 7. The molecule has 2 rings (SSSR count). The second-order valence-electron chi connectivity index (χ2n) is 5.76. The van der Waals surface area contributed by atoms with Crippen LogP contribution in [-0.4, -0.2) is 21.5 Å². The van der Waals surface area contributed by atoms with E-state index in [1.807, 2.05) is 38.2 Å². The fourth-order valence-corrected chi connectivity index (χ4v) is 2.19. The third-order valence-electron chi connectivity index (χ3n) is 3.73. The van der Waals surface area contributed by atoms with Crippen molar-refractivity contribution in [1.82, 2.24) is 14.9 Å². The molecule has 1 heterocycles. The van der Waals surface area contributed by atoms with Crippen molar-refractivity contribution in [3.63, 3.8) is 0 Å². The van der Waals surface area contributed by atoms with Crippen molar-refractivity contribution >= 4 is 5.91 Å². The first-order valence-electron chi connectivity index (χ1n) is 7.65. The summed E-state index contributed by atoms with van der Waals surface area (Å²) in [6.45, 7) is 5.11. The molecule has 0 fully saturated rings. The van der Waals surface area contributed by atoms with Crippen LogP contribution in [0.15, 0.2) is 42.7 Å². The Balaban J connectivity index is 1.88. The lowest BCUT2D eigenvalue weighted by Gasteiger charge is -2.15. The van der Waals surface area contributed by atoms with E-state index >= 15 is 0 Å². The maximum Gasteiger partial charge on any atom is 0.237 e. The van der Waals surface area contributed by atoms with E-state index in [2.05, 4.69) is 27.0 Å². The first kappa shape index (κ1) is 16.2. The van der Waals surface area contributed by atoms with Crippen LogP contribution in [0, 0.1) is 5.92 Å². The quantitative estimate of drug-likeness (QED) is 0.818. The van der Waals surface area contributed by atoms with Crippen LogP contribution in [0.3, 0.4) is 0 Å². The topological polar surface area (TPSA) is 72.9 Å². The number of hydrogen-bond donors (Lipinski definition) is 2. The minimum atomic E-state index is -0.479. The molecule has 1 aromatic carbocycles. The summed E-state index contributed by atoms with van der Waals surface area (Å²) in [4.78, 5) is 16.2. The second-order valence-corrected chi connectivity index (χ2v) is 5.76. The molecule has 0 aliphatic carbocycles. The molecule has 1 amide bonds. The van der Waals surface area contributed by atoms with Crippen LogP contribution >= 0.6 is 0 Å². The molecule has 0 aliphatic heterocycles. The van der Waals surface area contributed by atoms with Crippen molar-refractivity contribution in [2.75, 3.05) is 0 Å². The van der Waals surface area contributed by atoms with E-state index in [-0.39, 0.29) is 11.8 Å². The molecule has 0 bridgehead atoms. The van der Waals surface area contributed by atoms with Gasteiger partial charge in [-0.05, 0) is 17.9 Å². The fourth-order valence-electron chi connectivity index (χ4n) is 2.19. The van der Waals surface area contributed by atoms with E-state index in [4.69, 9.17) is 5.73 Å². The van der Waals surface area contributed by atoms with Gasteiger partial charge in [0.05, 0.1) is 12.6 Å². The summed E-state index contributed by atoms with van der Waals surface area (Å²) in [6, 6.07) is 9.84. The van der Waals surface area contributed by atoms with Gasteiger partial charge in [0.25, 0.3) is 0 Å². The molecule has 1 atom stereocenters. The van der Waals surface area contributed by atoms with E-state index in [9.17, 15) is 4.79 Å². The Kier molecular flexibility index (Phi) is 5.72. The zero-order valence-corrected chi connectivity index (χ0v) is 13.2. The van der Waals surface area contributed by atoms with Crippen LogP contribution in [0.25, 0.3) is 0 Å². The number of hydrogen-bond acceptors (Lipinski definition) is 3. The standard InChI is InChI=1S/C17H24N4O/c1-13(2)16(18)17(22)20-12-15-19-9-11-21(15)10-8-14-6-4-3-5-7-14/h3-7,9,11,13,16H,8,10,12,18H2,1-2H3,(H,20,22)/t16-/m0/s1. The smallest absolute Gasteiger partial charge is 0.237 e. The summed E-state index contributed by atoms with van der Waals surface area (Å²) in [5, 5.41) is 2.86. The zero-order chi connectivity index (χ0) is 15.9. The Morgan fingerprint density at radius 3 is 2.73 bits per heavy atom. The van der Waals surface area contributed by atoms with Gasteiger partial charge in [0.15, 0.2) is 0 Å². The van der Waals surface area contributed by atoms with Gasteiger partial charge in [-0.1, -0.05) is 44.2 Å². The number of benzene rings is 1. The maximum absolute atomic E-state index is 11.9. The van der Waals surface area contributed by atoms with Gasteiger partial charge in [-0.3, -0.25) is 4.79 Å². The number of nitrogens with one attached hydrogen (secondary N) is 1. The van der Waals surface area contributed by atoms with E-state index in [1.54, 1.807) is 6.20 Å². The lowest BCUT2D eigenvalue weighted by molar-refractivity contribution is -0.123. The molecule has 1 aromatic heterocycles. The summed E-state index contributed by atoms with van der Waals surface area (Å²) >= 11 is 0. The highest BCUT2D eigenvalue weighted by atomic mass is 16.2. The number of carbonyl (C=O) groups excluding carboxylic acids is 1. The van der Waals surface area contributed by atoms with Crippen LogP contribution < -0.4 is 11.1 Å². The third-order valence-corrected chi connectivity index (χ3v) is 3.73. The van der Waals surface area contributed by atoms with Crippen molar-refractivity contribution in [3.05, 3.63) is 54.1 Å². The highest BCUT2D eigenvalue weighted by Crippen LogP contribution is 2.05. The Morgan fingerprint density at radius 2 is 2.05 bits per heavy atom. The molecule has 5 nitrogen and oxygen atoms in total. The lowest BCUT2D eigenvalue weighted by Crippen LogP contribution is -2.43. The number of imidazole rings is 1. The number of aryl methyl sites for hydroxylation is 2. The number of nitrogens with two attached hydrogens (primary N) is 1. The minimum Gasteiger partial charge on any atom is -0.348 e. The van der Waals surface area contributed by atoms with Crippen molar-refractivity contribution in [2.45, 2.75) is 39.4 Å². The Morgan fingerprint density at radius 1 is 1.32 bits per heavy atom. The molecule has 3 N–H and O–H groups in total. The Labute approximate surface area is 131 Å². The molecule has 0 spiro atoms. The Hall–Kier alpha value is -2.14. The predicted octanol–water partition coefficient (Wildman–Crippen LogP) is 1.73. The summed E-state index contributed by atoms with van der Waals surface area (Å²) in [6.07, 6.45) is 4.63. The van der Waals surface area contributed by atoms with E-state index in [0.29, 0.717) is 6.54 Å². The SMILES string of the molecule is CC(C)[C@H](N)C(=O)NCc1nccn1CCc1ccccc1. The van der Waals surface area contributed by atoms with Crippen LogP contribution in [0.4, 0.5) is 0 Å². The normalized spacial score (nSPS) is 12.4. The summed E-state index contributed by atoms with van der Waals surface area (Å²) < 4.78 is 2.06. The number of carbonyl (C=O) groups is 1. The third kappa shape index (κ3) is 4.43. The van der Waals surface area contributed by atoms with Gasteiger partial charge >= 0.3 is 0 Å². The highest BCUT2D eigenvalue weighted by Gasteiger charge is 2.17. The van der Waals surface area contributed by atoms with Gasteiger partial charge in [-0.15, -0.1) is 0 Å². The monoisotopic (exact) mass is 300 g/mol. The molecule has 0 radical (unpaired) electrons. The molecule has 0 saturated heterocycles. The van der Waals surface area contributed by atoms with Crippen LogP contribution in [0.2, 0.25) is 0 Å². The lowest BCUT2D eigenvalue weighted by atomic mass is 10.1. The predicted molar refractivity (Wildman–Crippen MR) is 87.0 cm³/mol. The van der Waals surface area contributed by atoms with Crippen molar-refractivity contribution in [2.24, 2.45) is 11.7 Å². The first-order chi connectivity index (χ1) is 10.6. The van der Waals surface area contributed by atoms with Crippen LogP contribution in [0.1, 0.15) is 25.2 Å².